The van der Waals surface area contributed by atoms with Crippen LogP contribution in [0.25, 0.3) is 0 Å². The van der Waals surface area contributed by atoms with Gasteiger partial charge < -0.3 is 11.5 Å². The quantitative estimate of drug-likeness (QED) is 0.451. The van der Waals surface area contributed by atoms with Crippen molar-refractivity contribution in [3.8, 4) is 0 Å². The molecule has 0 spiro atoms. The van der Waals surface area contributed by atoms with E-state index in [1.54, 1.807) is 0 Å². The molecule has 0 bridgehead atoms. The van der Waals surface area contributed by atoms with Crippen molar-refractivity contribution < 1.29 is 0 Å². The Morgan fingerprint density at radius 1 is 0.810 bits per heavy atom. The number of nitrogens with two attached hydrogens (primary N) is 2. The topological polar surface area (TPSA) is 55.3 Å². The van der Waals surface area contributed by atoms with Gasteiger partial charge in [-0.1, -0.05) is 64.7 Å². The molecule has 0 saturated carbocycles. The molecule has 0 aromatic carbocycles. The van der Waals surface area contributed by atoms with Gasteiger partial charge in [-0.15, -0.1) is 0 Å². The Hall–Kier alpha value is -0.120. The first-order chi connectivity index (χ1) is 10.1. The maximum absolute atomic E-state index is 5.92. The highest BCUT2D eigenvalue weighted by atomic mass is 15.2. The van der Waals surface area contributed by atoms with E-state index in [1.807, 2.05) is 0 Å². The minimum atomic E-state index is 0.238. The molecule has 2 unspecified atom stereocenters. The van der Waals surface area contributed by atoms with E-state index in [4.69, 9.17) is 11.5 Å². The van der Waals surface area contributed by atoms with Gasteiger partial charge in [-0.3, -0.25) is 4.90 Å². The summed E-state index contributed by atoms with van der Waals surface area (Å²) in [4.78, 5) is 2.45. The highest BCUT2D eigenvalue weighted by Gasteiger charge is 2.13. The molecule has 3 heteroatoms. The maximum Gasteiger partial charge on any atom is 0.0190 e. The molecule has 0 amide bonds. The largest absolute Gasteiger partial charge is 0.329 e. The lowest BCUT2D eigenvalue weighted by atomic mass is 10.1. The summed E-state index contributed by atoms with van der Waals surface area (Å²) < 4.78 is 0. The van der Waals surface area contributed by atoms with Crippen molar-refractivity contribution in [1.29, 1.82) is 0 Å². The summed E-state index contributed by atoms with van der Waals surface area (Å²) in [5, 5.41) is 0. The lowest BCUT2D eigenvalue weighted by Gasteiger charge is -2.29. The molecule has 0 heterocycles. The highest BCUT2D eigenvalue weighted by molar-refractivity contribution is 4.71. The van der Waals surface area contributed by atoms with Crippen molar-refractivity contribution in [3.63, 3.8) is 0 Å². The minimum Gasteiger partial charge on any atom is -0.329 e. The molecule has 0 aliphatic carbocycles. The zero-order chi connectivity index (χ0) is 15.9. The zero-order valence-corrected chi connectivity index (χ0v) is 14.9. The summed E-state index contributed by atoms with van der Waals surface area (Å²) >= 11 is 0. The van der Waals surface area contributed by atoms with Gasteiger partial charge in [0.05, 0.1) is 0 Å². The average Bonchev–Trinajstić information content (AvgIpc) is 2.46. The van der Waals surface area contributed by atoms with E-state index in [1.165, 1.54) is 64.2 Å². The fourth-order valence-electron chi connectivity index (χ4n) is 2.81. The summed E-state index contributed by atoms with van der Waals surface area (Å²) in [5.41, 5.74) is 11.7. The van der Waals surface area contributed by atoms with E-state index in [0.717, 1.165) is 19.6 Å². The van der Waals surface area contributed by atoms with Gasteiger partial charge in [0, 0.05) is 25.2 Å². The summed E-state index contributed by atoms with van der Waals surface area (Å²) in [6, 6.07) is 0.691. The predicted octanol–water partition coefficient (Wildman–Crippen LogP) is 3.90. The van der Waals surface area contributed by atoms with Crippen LogP contribution in [-0.2, 0) is 0 Å². The number of rotatable bonds is 15. The third kappa shape index (κ3) is 13.3. The van der Waals surface area contributed by atoms with Gasteiger partial charge in [0.25, 0.3) is 0 Å². The lowest BCUT2D eigenvalue weighted by Crippen LogP contribution is -2.44. The van der Waals surface area contributed by atoms with Gasteiger partial charge in [0.2, 0.25) is 0 Å². The third-order valence-corrected chi connectivity index (χ3v) is 4.29. The van der Waals surface area contributed by atoms with Crippen LogP contribution >= 0.6 is 0 Å². The molecular weight excluding hydrogens is 258 g/mol. The smallest absolute Gasteiger partial charge is 0.0190 e. The zero-order valence-electron chi connectivity index (χ0n) is 14.9. The number of hydrogen-bond donors (Lipinski definition) is 2. The van der Waals surface area contributed by atoms with E-state index in [9.17, 15) is 0 Å². The number of hydrogen-bond acceptors (Lipinski definition) is 3. The Bertz CT molecular complexity index is 207. The molecule has 4 N–H and O–H groups in total. The second-order valence-corrected chi connectivity index (χ2v) is 6.74. The summed E-state index contributed by atoms with van der Waals surface area (Å²) in [6.45, 7) is 9.41. The van der Waals surface area contributed by atoms with Gasteiger partial charge in [-0.25, -0.2) is 0 Å². The number of nitrogens with zero attached hydrogens (tertiary/aromatic N) is 1. The molecule has 0 rings (SSSR count). The average molecular weight is 300 g/mol. The fraction of sp³-hybridized carbons (Fsp3) is 1.00. The Morgan fingerprint density at radius 2 is 1.29 bits per heavy atom. The van der Waals surface area contributed by atoms with E-state index in [2.05, 4.69) is 25.7 Å². The molecule has 0 radical (unpaired) electrons. The van der Waals surface area contributed by atoms with E-state index in [0.29, 0.717) is 6.04 Å². The first kappa shape index (κ1) is 20.9. The summed E-state index contributed by atoms with van der Waals surface area (Å²) in [6.07, 6.45) is 13.9. The second-order valence-electron chi connectivity index (χ2n) is 6.74. The molecular formula is C18H41N3. The molecule has 0 fully saturated rings. The van der Waals surface area contributed by atoms with Crippen molar-refractivity contribution in [2.75, 3.05) is 19.6 Å². The molecule has 3 nitrogen and oxygen atoms in total. The van der Waals surface area contributed by atoms with Crippen molar-refractivity contribution in [2.24, 2.45) is 11.5 Å². The number of unbranched alkanes of at least 4 members (excludes halogenated alkanes) is 9. The van der Waals surface area contributed by atoms with Crippen LogP contribution < -0.4 is 11.5 Å². The van der Waals surface area contributed by atoms with Crippen molar-refractivity contribution in [2.45, 2.75) is 97.1 Å². The molecule has 0 aromatic heterocycles. The van der Waals surface area contributed by atoms with Crippen LogP contribution in [0.15, 0.2) is 0 Å². The monoisotopic (exact) mass is 299 g/mol. The van der Waals surface area contributed by atoms with Gasteiger partial charge in [-0.05, 0) is 26.8 Å². The molecule has 0 aromatic rings. The van der Waals surface area contributed by atoms with E-state index >= 15 is 0 Å². The summed E-state index contributed by atoms with van der Waals surface area (Å²) in [7, 11) is 0. The van der Waals surface area contributed by atoms with Gasteiger partial charge >= 0.3 is 0 Å². The minimum absolute atomic E-state index is 0.238. The maximum atomic E-state index is 5.92. The van der Waals surface area contributed by atoms with Gasteiger partial charge in [0.15, 0.2) is 0 Å². The Morgan fingerprint density at radius 3 is 1.71 bits per heavy atom. The molecule has 0 saturated heterocycles. The molecule has 128 valence electrons. The Labute approximate surface area is 133 Å². The van der Waals surface area contributed by atoms with Crippen LogP contribution in [0.1, 0.15) is 85.0 Å². The van der Waals surface area contributed by atoms with Crippen LogP contribution in [0.2, 0.25) is 0 Å². The van der Waals surface area contributed by atoms with Crippen molar-refractivity contribution in [1.82, 2.24) is 4.90 Å². The summed E-state index contributed by atoms with van der Waals surface area (Å²) in [5.74, 6) is 0. The van der Waals surface area contributed by atoms with Crippen LogP contribution in [-0.4, -0.2) is 36.6 Å². The molecule has 0 aliphatic heterocycles. The lowest BCUT2D eigenvalue weighted by molar-refractivity contribution is 0.199. The first-order valence-electron chi connectivity index (χ1n) is 9.31. The standard InChI is InChI=1S/C18H41N3/c1-4-5-6-7-8-9-10-11-12-13-14-21(16-17(2)20)18(3)15-19/h17-18H,4-16,19-20H2,1-3H3. The van der Waals surface area contributed by atoms with E-state index < -0.39 is 0 Å². The Balaban J connectivity index is 3.49. The molecule has 2 atom stereocenters. The SMILES string of the molecule is CCCCCCCCCCCCN(CC(C)N)C(C)CN. The van der Waals surface area contributed by atoms with Crippen molar-refractivity contribution in [3.05, 3.63) is 0 Å². The van der Waals surface area contributed by atoms with Crippen LogP contribution in [0, 0.1) is 0 Å². The normalized spacial score (nSPS) is 14.6. The molecule has 21 heavy (non-hydrogen) atoms. The first-order valence-corrected chi connectivity index (χ1v) is 9.31. The van der Waals surface area contributed by atoms with Crippen molar-refractivity contribution >= 4 is 0 Å². The van der Waals surface area contributed by atoms with Gasteiger partial charge in [0.1, 0.15) is 0 Å². The predicted molar refractivity (Wildman–Crippen MR) is 95.6 cm³/mol. The van der Waals surface area contributed by atoms with Crippen LogP contribution in [0.4, 0.5) is 0 Å². The van der Waals surface area contributed by atoms with E-state index in [-0.39, 0.29) is 6.04 Å². The highest BCUT2D eigenvalue weighted by Crippen LogP contribution is 2.11. The van der Waals surface area contributed by atoms with Gasteiger partial charge in [-0.2, -0.15) is 0 Å². The second kappa shape index (κ2) is 14.8. The van der Waals surface area contributed by atoms with Crippen LogP contribution in [0.5, 0.6) is 0 Å². The van der Waals surface area contributed by atoms with Crippen LogP contribution in [0.3, 0.4) is 0 Å². The third-order valence-electron chi connectivity index (χ3n) is 4.29. The molecule has 0 aliphatic rings. The Kier molecular flexibility index (Phi) is 14.7. The fourth-order valence-corrected chi connectivity index (χ4v) is 2.81.